The molecule has 0 saturated heterocycles. The highest BCUT2D eigenvalue weighted by molar-refractivity contribution is 5.91. The SMILES string of the molecule is Oc1ccccc1C1=CCC(c2ccc3c(c2)C=CC3C2CC2)=C1. The van der Waals surface area contributed by atoms with Crippen molar-refractivity contribution in [2.24, 2.45) is 5.92 Å². The van der Waals surface area contributed by atoms with Crippen molar-refractivity contribution in [3.8, 4) is 5.75 Å². The second kappa shape index (κ2) is 5.24. The lowest BCUT2D eigenvalue weighted by atomic mass is 9.93. The number of phenols is 1. The van der Waals surface area contributed by atoms with Crippen molar-refractivity contribution in [2.75, 3.05) is 0 Å². The van der Waals surface area contributed by atoms with Crippen LogP contribution in [0.5, 0.6) is 5.75 Å². The minimum Gasteiger partial charge on any atom is -0.507 e. The first-order chi connectivity index (χ1) is 11.8. The van der Waals surface area contributed by atoms with Gasteiger partial charge in [-0.15, -0.1) is 0 Å². The van der Waals surface area contributed by atoms with Crippen molar-refractivity contribution in [1.82, 2.24) is 0 Å². The van der Waals surface area contributed by atoms with Crippen LogP contribution in [0.1, 0.15) is 47.4 Å². The Kier molecular flexibility index (Phi) is 3.02. The molecule has 24 heavy (non-hydrogen) atoms. The molecule has 1 atom stereocenters. The molecule has 118 valence electrons. The molecule has 0 bridgehead atoms. The summed E-state index contributed by atoms with van der Waals surface area (Å²) in [6.45, 7) is 0. The summed E-state index contributed by atoms with van der Waals surface area (Å²) < 4.78 is 0. The lowest BCUT2D eigenvalue weighted by Gasteiger charge is -2.11. The molecule has 0 spiro atoms. The van der Waals surface area contributed by atoms with E-state index in [0.29, 0.717) is 11.7 Å². The Bertz CT molecular complexity index is 909. The van der Waals surface area contributed by atoms with Crippen LogP contribution in [-0.4, -0.2) is 5.11 Å². The van der Waals surface area contributed by atoms with Crippen LogP contribution in [0.3, 0.4) is 0 Å². The van der Waals surface area contributed by atoms with Crippen molar-refractivity contribution < 1.29 is 5.11 Å². The zero-order valence-electron chi connectivity index (χ0n) is 13.6. The molecule has 1 N–H and O–H groups in total. The number of hydrogen-bond donors (Lipinski definition) is 1. The van der Waals surface area contributed by atoms with Crippen molar-refractivity contribution in [1.29, 1.82) is 0 Å². The van der Waals surface area contributed by atoms with Gasteiger partial charge >= 0.3 is 0 Å². The van der Waals surface area contributed by atoms with Crippen LogP contribution in [0, 0.1) is 5.92 Å². The first-order valence-corrected chi connectivity index (χ1v) is 8.81. The summed E-state index contributed by atoms with van der Waals surface area (Å²) >= 11 is 0. The summed E-state index contributed by atoms with van der Waals surface area (Å²) in [5.41, 5.74) is 7.57. The summed E-state index contributed by atoms with van der Waals surface area (Å²) in [4.78, 5) is 0. The van der Waals surface area contributed by atoms with Gasteiger partial charge in [0.15, 0.2) is 0 Å². The molecule has 3 aliphatic carbocycles. The summed E-state index contributed by atoms with van der Waals surface area (Å²) in [5.74, 6) is 1.89. The average molecular weight is 312 g/mol. The van der Waals surface area contributed by atoms with Crippen LogP contribution in [0.15, 0.2) is 60.7 Å². The average Bonchev–Trinajstić information content (AvgIpc) is 3.18. The first-order valence-electron chi connectivity index (χ1n) is 8.81. The van der Waals surface area contributed by atoms with Crippen LogP contribution in [-0.2, 0) is 0 Å². The number of fused-ring (bicyclic) bond motifs is 1. The molecule has 1 unspecified atom stereocenters. The molecular weight excluding hydrogens is 292 g/mol. The molecule has 0 aromatic heterocycles. The number of para-hydroxylation sites is 1. The Morgan fingerprint density at radius 1 is 1.00 bits per heavy atom. The lowest BCUT2D eigenvalue weighted by molar-refractivity contribution is 0.474. The third-order valence-corrected chi connectivity index (χ3v) is 5.52. The predicted octanol–water partition coefficient (Wildman–Crippen LogP) is 5.78. The quantitative estimate of drug-likeness (QED) is 0.761. The maximum Gasteiger partial charge on any atom is 0.123 e. The van der Waals surface area contributed by atoms with E-state index in [1.54, 1.807) is 6.07 Å². The summed E-state index contributed by atoms with van der Waals surface area (Å²) in [5, 5.41) is 10.1. The summed E-state index contributed by atoms with van der Waals surface area (Å²) in [6, 6.07) is 14.5. The third kappa shape index (κ3) is 2.24. The number of hydrogen-bond acceptors (Lipinski definition) is 1. The Balaban J connectivity index is 1.45. The van der Waals surface area contributed by atoms with Crippen LogP contribution in [0.25, 0.3) is 17.2 Å². The highest BCUT2D eigenvalue weighted by Gasteiger charge is 2.33. The highest BCUT2D eigenvalue weighted by atomic mass is 16.3. The van der Waals surface area contributed by atoms with Gasteiger partial charge in [0.05, 0.1) is 0 Å². The number of aromatic hydroxyl groups is 1. The van der Waals surface area contributed by atoms with Crippen molar-refractivity contribution in [3.05, 3.63) is 82.9 Å². The Labute approximate surface area is 142 Å². The molecule has 1 heteroatoms. The third-order valence-electron chi connectivity index (χ3n) is 5.52. The van der Waals surface area contributed by atoms with Gasteiger partial charge in [0.2, 0.25) is 0 Å². The largest absolute Gasteiger partial charge is 0.507 e. The van der Waals surface area contributed by atoms with E-state index in [0.717, 1.165) is 23.5 Å². The van der Waals surface area contributed by atoms with Gasteiger partial charge in [-0.1, -0.05) is 54.6 Å². The number of phenolic OH excluding ortho intramolecular Hbond substituents is 1. The van der Waals surface area contributed by atoms with E-state index in [-0.39, 0.29) is 0 Å². The Morgan fingerprint density at radius 3 is 2.71 bits per heavy atom. The Morgan fingerprint density at radius 2 is 1.88 bits per heavy atom. The van der Waals surface area contributed by atoms with Gasteiger partial charge in [0, 0.05) is 11.5 Å². The van der Waals surface area contributed by atoms with E-state index in [1.165, 1.54) is 35.1 Å². The van der Waals surface area contributed by atoms with Crippen molar-refractivity contribution in [3.63, 3.8) is 0 Å². The van der Waals surface area contributed by atoms with Crippen LogP contribution < -0.4 is 0 Å². The minimum atomic E-state index is 0.352. The molecule has 0 radical (unpaired) electrons. The van der Waals surface area contributed by atoms with Gasteiger partial charge in [-0.05, 0) is 65.1 Å². The predicted molar refractivity (Wildman–Crippen MR) is 99.6 cm³/mol. The molecule has 0 aliphatic heterocycles. The molecule has 1 fully saturated rings. The smallest absolute Gasteiger partial charge is 0.123 e. The molecule has 1 saturated carbocycles. The second-order valence-corrected chi connectivity index (χ2v) is 7.12. The molecule has 5 rings (SSSR count). The molecule has 1 nitrogen and oxygen atoms in total. The topological polar surface area (TPSA) is 20.2 Å². The standard InChI is InChI=1S/C23H20O/c24-23-4-2-1-3-22(23)19-8-7-16(14-19)17-9-11-21-18(13-17)10-12-20(21)15-5-6-15/h1-4,8-15,20,24H,5-7H2. The zero-order chi connectivity index (χ0) is 16.1. The van der Waals surface area contributed by atoms with E-state index in [4.69, 9.17) is 0 Å². The van der Waals surface area contributed by atoms with E-state index in [1.807, 2.05) is 18.2 Å². The molecule has 2 aromatic rings. The van der Waals surface area contributed by atoms with E-state index in [2.05, 4.69) is 42.5 Å². The fourth-order valence-corrected chi connectivity index (χ4v) is 4.03. The van der Waals surface area contributed by atoms with E-state index >= 15 is 0 Å². The van der Waals surface area contributed by atoms with Gasteiger partial charge in [-0.3, -0.25) is 0 Å². The molecule has 0 amide bonds. The number of rotatable bonds is 3. The van der Waals surface area contributed by atoms with E-state index < -0.39 is 0 Å². The van der Waals surface area contributed by atoms with Crippen molar-refractivity contribution >= 4 is 17.2 Å². The normalized spacial score (nSPS) is 21.6. The van der Waals surface area contributed by atoms with Crippen LogP contribution in [0.4, 0.5) is 0 Å². The van der Waals surface area contributed by atoms with Gasteiger partial charge in [-0.2, -0.15) is 0 Å². The minimum absolute atomic E-state index is 0.352. The fraction of sp³-hybridized carbons (Fsp3) is 0.217. The number of allylic oxidation sites excluding steroid dienone is 5. The zero-order valence-corrected chi connectivity index (χ0v) is 13.6. The monoisotopic (exact) mass is 312 g/mol. The second-order valence-electron chi connectivity index (χ2n) is 7.12. The molecule has 0 heterocycles. The summed E-state index contributed by atoms with van der Waals surface area (Å²) in [6.07, 6.45) is 12.8. The Hall–Kier alpha value is -2.54. The molecular formula is C23H20O. The molecule has 2 aromatic carbocycles. The number of benzene rings is 2. The maximum atomic E-state index is 10.1. The van der Waals surface area contributed by atoms with Crippen molar-refractivity contribution in [2.45, 2.75) is 25.2 Å². The van der Waals surface area contributed by atoms with E-state index in [9.17, 15) is 5.11 Å². The maximum absolute atomic E-state index is 10.1. The van der Waals surface area contributed by atoms with Gasteiger partial charge in [-0.25, -0.2) is 0 Å². The summed E-state index contributed by atoms with van der Waals surface area (Å²) in [7, 11) is 0. The van der Waals surface area contributed by atoms with Crippen LogP contribution >= 0.6 is 0 Å². The van der Waals surface area contributed by atoms with Gasteiger partial charge < -0.3 is 5.11 Å². The van der Waals surface area contributed by atoms with Crippen LogP contribution in [0.2, 0.25) is 0 Å². The fourth-order valence-electron chi connectivity index (χ4n) is 4.03. The van der Waals surface area contributed by atoms with Gasteiger partial charge in [0.1, 0.15) is 5.75 Å². The highest BCUT2D eigenvalue weighted by Crippen LogP contribution is 2.48. The molecule has 3 aliphatic rings. The lowest BCUT2D eigenvalue weighted by Crippen LogP contribution is -1.95. The van der Waals surface area contributed by atoms with Gasteiger partial charge in [0.25, 0.3) is 0 Å². The first kappa shape index (κ1) is 13.9.